The molecule has 0 saturated carbocycles. The van der Waals surface area contributed by atoms with Gasteiger partial charge in [-0.3, -0.25) is 0 Å². The van der Waals surface area contributed by atoms with Crippen LogP contribution < -0.4 is 0 Å². The number of ether oxygens (including phenoxy) is 6. The fourth-order valence-electron chi connectivity index (χ4n) is 4.04. The van der Waals surface area contributed by atoms with E-state index in [-0.39, 0.29) is 5.92 Å². The van der Waals surface area contributed by atoms with Crippen molar-refractivity contribution in [2.24, 2.45) is 11.8 Å². The van der Waals surface area contributed by atoms with Gasteiger partial charge in [0.2, 0.25) is 6.29 Å². The van der Waals surface area contributed by atoms with E-state index in [0.717, 1.165) is 0 Å². The predicted molar refractivity (Wildman–Crippen MR) is 92.8 cm³/mol. The van der Waals surface area contributed by atoms with Gasteiger partial charge in [-0.1, -0.05) is 0 Å². The van der Waals surface area contributed by atoms with Gasteiger partial charge in [0.15, 0.2) is 12.6 Å². The van der Waals surface area contributed by atoms with Gasteiger partial charge in [0, 0.05) is 19.4 Å². The third-order valence-corrected chi connectivity index (χ3v) is 5.66. The van der Waals surface area contributed by atoms with Crippen LogP contribution in [0, 0.1) is 11.8 Å². The lowest BCUT2D eigenvalue weighted by molar-refractivity contribution is -0.352. The molecule has 3 aliphatic heterocycles. The van der Waals surface area contributed by atoms with Crippen LogP contribution in [0.5, 0.6) is 0 Å². The second-order valence-electron chi connectivity index (χ2n) is 7.33. The number of fused-ring (bicyclic) bond motifs is 1. The summed E-state index contributed by atoms with van der Waals surface area (Å²) in [5.74, 6) is -1.40. The Morgan fingerprint density at radius 1 is 1.14 bits per heavy atom. The maximum atomic E-state index is 12.2. The van der Waals surface area contributed by atoms with Gasteiger partial charge in [-0.25, -0.2) is 4.79 Å². The quantitative estimate of drug-likeness (QED) is 0.374. The number of aliphatic hydroxyl groups is 4. The number of aliphatic hydroxyl groups excluding tert-OH is 4. The van der Waals surface area contributed by atoms with Crippen molar-refractivity contribution in [3.63, 3.8) is 0 Å². The molecule has 0 aromatic carbocycles. The Morgan fingerprint density at radius 2 is 1.86 bits per heavy atom. The molecule has 166 valence electrons. The molecule has 2 fully saturated rings. The third-order valence-electron chi connectivity index (χ3n) is 5.66. The molecule has 0 spiro atoms. The Kier molecular flexibility index (Phi) is 7.12. The highest BCUT2D eigenvalue weighted by molar-refractivity contribution is 5.88. The number of rotatable bonds is 5. The van der Waals surface area contributed by atoms with Crippen LogP contribution in [0.1, 0.15) is 13.3 Å². The maximum absolute atomic E-state index is 12.2. The lowest BCUT2D eigenvalue weighted by atomic mass is 9.77. The molecule has 4 N–H and O–H groups in total. The molecular weight excluding hydrogens is 392 g/mol. The summed E-state index contributed by atoms with van der Waals surface area (Å²) in [5.41, 5.74) is 0.309. The predicted octanol–water partition coefficient (Wildman–Crippen LogP) is -1.77. The van der Waals surface area contributed by atoms with Crippen molar-refractivity contribution >= 4 is 5.97 Å². The molecule has 3 rings (SSSR count). The maximum Gasteiger partial charge on any atom is 0.337 e. The van der Waals surface area contributed by atoms with E-state index >= 15 is 0 Å². The summed E-state index contributed by atoms with van der Waals surface area (Å²) in [5, 5.41) is 39.5. The third kappa shape index (κ3) is 4.28. The van der Waals surface area contributed by atoms with Crippen molar-refractivity contribution in [1.82, 2.24) is 0 Å². The van der Waals surface area contributed by atoms with Crippen molar-refractivity contribution in [3.8, 4) is 0 Å². The fraction of sp³-hybridized carbons (Fsp3) is 0.833. The summed E-state index contributed by atoms with van der Waals surface area (Å²) in [6.07, 6.45) is -7.54. The molecule has 3 heterocycles. The number of carbonyl (C=O) groups is 1. The molecule has 29 heavy (non-hydrogen) atoms. The van der Waals surface area contributed by atoms with Crippen LogP contribution in [0.15, 0.2) is 11.8 Å². The van der Waals surface area contributed by atoms with E-state index in [4.69, 9.17) is 28.4 Å². The first kappa shape index (κ1) is 22.4. The van der Waals surface area contributed by atoms with Gasteiger partial charge in [-0.05, 0) is 6.92 Å². The molecule has 11 nitrogen and oxygen atoms in total. The Balaban J connectivity index is 1.82. The van der Waals surface area contributed by atoms with E-state index in [0.29, 0.717) is 12.0 Å². The molecule has 0 radical (unpaired) electrons. The molecule has 0 unspecified atom stereocenters. The molecule has 2 saturated heterocycles. The van der Waals surface area contributed by atoms with Gasteiger partial charge in [0.1, 0.15) is 24.4 Å². The van der Waals surface area contributed by atoms with Crippen LogP contribution in [0.2, 0.25) is 0 Å². The van der Waals surface area contributed by atoms with E-state index in [1.165, 1.54) is 20.5 Å². The summed E-state index contributed by atoms with van der Waals surface area (Å²) in [6, 6.07) is 0. The van der Waals surface area contributed by atoms with E-state index in [2.05, 4.69) is 0 Å². The van der Waals surface area contributed by atoms with Crippen molar-refractivity contribution in [2.75, 3.05) is 20.8 Å². The number of hydrogen-bond donors (Lipinski definition) is 4. The Morgan fingerprint density at radius 3 is 2.48 bits per heavy atom. The second-order valence-corrected chi connectivity index (χ2v) is 7.33. The van der Waals surface area contributed by atoms with Crippen LogP contribution in [0.3, 0.4) is 0 Å². The molecule has 3 aliphatic rings. The van der Waals surface area contributed by atoms with Crippen LogP contribution in [-0.2, 0) is 33.2 Å². The first-order valence-electron chi connectivity index (χ1n) is 9.40. The Labute approximate surface area is 167 Å². The van der Waals surface area contributed by atoms with Crippen LogP contribution in [0.4, 0.5) is 0 Å². The largest absolute Gasteiger partial charge is 0.471 e. The topological polar surface area (TPSA) is 153 Å². The van der Waals surface area contributed by atoms with E-state index < -0.39 is 67.9 Å². The zero-order valence-electron chi connectivity index (χ0n) is 16.4. The minimum atomic E-state index is -1.58. The number of carbonyl (C=O) groups excluding carboxylic acids is 1. The second kappa shape index (κ2) is 9.23. The molecular formula is C18H28O11. The lowest BCUT2D eigenvalue weighted by Crippen LogP contribution is -2.61. The molecule has 0 aliphatic carbocycles. The molecule has 11 heteroatoms. The van der Waals surface area contributed by atoms with Gasteiger partial charge in [-0.2, -0.15) is 0 Å². The molecule has 0 bridgehead atoms. The highest BCUT2D eigenvalue weighted by atomic mass is 16.8. The highest BCUT2D eigenvalue weighted by Gasteiger charge is 2.51. The monoisotopic (exact) mass is 420 g/mol. The van der Waals surface area contributed by atoms with E-state index in [1.54, 1.807) is 6.92 Å². The molecule has 0 aromatic rings. The van der Waals surface area contributed by atoms with Gasteiger partial charge < -0.3 is 48.8 Å². The van der Waals surface area contributed by atoms with Gasteiger partial charge in [-0.15, -0.1) is 0 Å². The summed E-state index contributed by atoms with van der Waals surface area (Å²) in [7, 11) is 2.77. The molecule has 10 atom stereocenters. The minimum absolute atomic E-state index is 0.309. The normalized spacial score (nSPS) is 45.0. The zero-order chi connectivity index (χ0) is 21.3. The summed E-state index contributed by atoms with van der Waals surface area (Å²) < 4.78 is 32.7. The van der Waals surface area contributed by atoms with E-state index in [9.17, 15) is 25.2 Å². The number of esters is 1. The van der Waals surface area contributed by atoms with Crippen LogP contribution >= 0.6 is 0 Å². The minimum Gasteiger partial charge on any atom is -0.471 e. The summed E-state index contributed by atoms with van der Waals surface area (Å²) in [6.45, 7) is 1.19. The first-order chi connectivity index (χ1) is 13.8. The van der Waals surface area contributed by atoms with Gasteiger partial charge in [0.05, 0.1) is 37.6 Å². The fourth-order valence-corrected chi connectivity index (χ4v) is 4.04. The Bertz CT molecular complexity index is 609. The highest BCUT2D eigenvalue weighted by Crippen LogP contribution is 2.43. The summed E-state index contributed by atoms with van der Waals surface area (Å²) in [4.78, 5) is 12.2. The number of hydrogen-bond acceptors (Lipinski definition) is 11. The first-order valence-corrected chi connectivity index (χ1v) is 9.40. The standard InChI is InChI=1S/C18H28O11/c1-7-12-8(4-11(24-2)27-7)9(16(23)25-3)6-26-17(12)29-18-15(22)14(21)13(20)10(5-19)28-18/h6-8,10-15,17-22H,4-5H2,1-3H3/t7-,8-,10-,11-,12-,13-,14+,15-,17+,18+/m1/s1. The zero-order valence-corrected chi connectivity index (χ0v) is 16.4. The van der Waals surface area contributed by atoms with E-state index in [1.807, 2.05) is 0 Å². The van der Waals surface area contributed by atoms with Crippen molar-refractivity contribution in [2.45, 2.75) is 62.7 Å². The van der Waals surface area contributed by atoms with Gasteiger partial charge in [0.25, 0.3) is 0 Å². The van der Waals surface area contributed by atoms with Crippen molar-refractivity contribution in [1.29, 1.82) is 0 Å². The van der Waals surface area contributed by atoms with Crippen LogP contribution in [0.25, 0.3) is 0 Å². The lowest BCUT2D eigenvalue weighted by Gasteiger charge is -2.47. The average Bonchev–Trinajstić information content (AvgIpc) is 2.73. The van der Waals surface area contributed by atoms with Gasteiger partial charge >= 0.3 is 5.97 Å². The molecule has 0 amide bonds. The molecule has 0 aromatic heterocycles. The smallest absolute Gasteiger partial charge is 0.337 e. The summed E-state index contributed by atoms with van der Waals surface area (Å²) >= 11 is 0. The Hall–Kier alpha value is -1.31. The van der Waals surface area contributed by atoms with Crippen molar-refractivity contribution < 1.29 is 53.6 Å². The van der Waals surface area contributed by atoms with Crippen LogP contribution in [-0.4, -0.2) is 96.6 Å². The van der Waals surface area contributed by atoms with Crippen molar-refractivity contribution in [3.05, 3.63) is 11.8 Å². The number of methoxy groups -OCH3 is 2. The average molecular weight is 420 g/mol. The SMILES string of the molecule is COC(=O)C1=CO[C@@H](O[C@@H]2O[C@H](CO)[C@@H](O)[C@H](O)[C@H]2O)[C@H]2[C@@H]1C[C@H](OC)O[C@@H]2C.